The number of nitrogens with two attached hydrogens (primary N) is 1. The standard InChI is InChI=1S/C13H25N3O3/c1-2-19-8-4-6-13(18)16(10-12(14)17)11-5-3-7-15-9-11/h11,15H,2-10H2,1H3,(H2,14,17). The predicted octanol–water partition coefficient (Wildman–Crippen LogP) is -0.131. The summed E-state index contributed by atoms with van der Waals surface area (Å²) in [5, 5.41) is 3.25. The Balaban J connectivity index is 2.46. The molecule has 0 spiro atoms. The van der Waals surface area contributed by atoms with Crippen molar-refractivity contribution in [3.63, 3.8) is 0 Å². The molecule has 110 valence electrons. The molecule has 6 nitrogen and oxygen atoms in total. The maximum atomic E-state index is 12.2. The summed E-state index contributed by atoms with van der Waals surface area (Å²) in [4.78, 5) is 24.9. The summed E-state index contributed by atoms with van der Waals surface area (Å²) in [6.07, 6.45) is 3.04. The predicted molar refractivity (Wildman–Crippen MR) is 72.5 cm³/mol. The molecule has 0 aromatic carbocycles. The first-order valence-electron chi connectivity index (χ1n) is 7.01. The van der Waals surface area contributed by atoms with Crippen LogP contribution < -0.4 is 11.1 Å². The summed E-state index contributed by atoms with van der Waals surface area (Å²) in [5.74, 6) is -0.462. The van der Waals surface area contributed by atoms with Gasteiger partial charge in [-0.1, -0.05) is 0 Å². The second-order valence-corrected chi connectivity index (χ2v) is 4.79. The molecule has 0 aromatic rings. The van der Waals surface area contributed by atoms with Gasteiger partial charge in [0.1, 0.15) is 0 Å². The number of hydrogen-bond donors (Lipinski definition) is 2. The molecule has 0 aromatic heterocycles. The zero-order valence-electron chi connectivity index (χ0n) is 11.7. The van der Waals surface area contributed by atoms with Crippen molar-refractivity contribution >= 4 is 11.8 Å². The molecule has 2 amide bonds. The highest BCUT2D eigenvalue weighted by Gasteiger charge is 2.26. The first-order chi connectivity index (χ1) is 9.15. The van der Waals surface area contributed by atoms with Crippen molar-refractivity contribution in [1.82, 2.24) is 10.2 Å². The van der Waals surface area contributed by atoms with Gasteiger partial charge in [0, 0.05) is 32.2 Å². The minimum Gasteiger partial charge on any atom is -0.382 e. The second kappa shape index (κ2) is 8.87. The molecule has 0 bridgehead atoms. The van der Waals surface area contributed by atoms with Crippen molar-refractivity contribution in [3.8, 4) is 0 Å². The van der Waals surface area contributed by atoms with Crippen molar-refractivity contribution in [1.29, 1.82) is 0 Å². The van der Waals surface area contributed by atoms with Crippen LogP contribution in [0.5, 0.6) is 0 Å². The van der Waals surface area contributed by atoms with Crippen molar-refractivity contribution in [2.45, 2.75) is 38.6 Å². The van der Waals surface area contributed by atoms with Crippen LogP contribution in [0.25, 0.3) is 0 Å². The van der Waals surface area contributed by atoms with Crippen molar-refractivity contribution in [2.75, 3.05) is 32.8 Å². The van der Waals surface area contributed by atoms with Gasteiger partial charge < -0.3 is 20.7 Å². The number of piperidine rings is 1. The number of nitrogens with zero attached hydrogens (tertiary/aromatic N) is 1. The van der Waals surface area contributed by atoms with E-state index in [2.05, 4.69) is 5.32 Å². The molecule has 0 saturated carbocycles. The number of carbonyl (C=O) groups excluding carboxylic acids is 2. The number of primary amides is 1. The fraction of sp³-hybridized carbons (Fsp3) is 0.846. The van der Waals surface area contributed by atoms with Gasteiger partial charge >= 0.3 is 0 Å². The average molecular weight is 271 g/mol. The molecule has 0 aliphatic carbocycles. The smallest absolute Gasteiger partial charge is 0.237 e. The molecule has 0 radical (unpaired) electrons. The van der Waals surface area contributed by atoms with Crippen LogP contribution in [0.4, 0.5) is 0 Å². The number of ether oxygens (including phenoxy) is 1. The van der Waals surface area contributed by atoms with E-state index in [0.29, 0.717) is 26.1 Å². The van der Waals surface area contributed by atoms with E-state index in [-0.39, 0.29) is 18.5 Å². The molecule has 1 unspecified atom stereocenters. The van der Waals surface area contributed by atoms with Gasteiger partial charge in [0.15, 0.2) is 0 Å². The summed E-state index contributed by atoms with van der Waals surface area (Å²) in [6, 6.07) is 0.0841. The zero-order valence-corrected chi connectivity index (χ0v) is 11.7. The number of hydrogen-bond acceptors (Lipinski definition) is 4. The zero-order chi connectivity index (χ0) is 14.1. The van der Waals surface area contributed by atoms with Gasteiger partial charge in [0.2, 0.25) is 11.8 Å². The Morgan fingerprint density at radius 3 is 2.84 bits per heavy atom. The Morgan fingerprint density at radius 1 is 1.47 bits per heavy atom. The van der Waals surface area contributed by atoms with E-state index >= 15 is 0 Å². The van der Waals surface area contributed by atoms with Crippen molar-refractivity contribution < 1.29 is 14.3 Å². The minimum atomic E-state index is -0.455. The van der Waals surface area contributed by atoms with E-state index in [4.69, 9.17) is 10.5 Å². The quantitative estimate of drug-likeness (QED) is 0.602. The van der Waals surface area contributed by atoms with Crippen LogP contribution >= 0.6 is 0 Å². The van der Waals surface area contributed by atoms with E-state index in [0.717, 1.165) is 25.9 Å². The number of carbonyl (C=O) groups is 2. The maximum Gasteiger partial charge on any atom is 0.237 e. The third-order valence-electron chi connectivity index (χ3n) is 3.24. The lowest BCUT2D eigenvalue weighted by atomic mass is 10.0. The SMILES string of the molecule is CCOCCCC(=O)N(CC(N)=O)C1CCCNC1. The van der Waals surface area contributed by atoms with E-state index in [1.54, 1.807) is 4.90 Å². The van der Waals surface area contributed by atoms with Crippen molar-refractivity contribution in [3.05, 3.63) is 0 Å². The Hall–Kier alpha value is -1.14. The summed E-state index contributed by atoms with van der Waals surface area (Å²) >= 11 is 0. The van der Waals surface area contributed by atoms with Gasteiger partial charge in [-0.15, -0.1) is 0 Å². The fourth-order valence-corrected chi connectivity index (χ4v) is 2.30. The molecule has 1 rings (SSSR count). The van der Waals surface area contributed by atoms with E-state index in [1.807, 2.05) is 6.92 Å². The molecule has 3 N–H and O–H groups in total. The topological polar surface area (TPSA) is 84.7 Å². The van der Waals surface area contributed by atoms with Gasteiger partial charge in [-0.05, 0) is 32.7 Å². The van der Waals surface area contributed by atoms with Gasteiger partial charge in [-0.2, -0.15) is 0 Å². The highest BCUT2D eigenvalue weighted by Crippen LogP contribution is 2.12. The van der Waals surface area contributed by atoms with Crippen LogP contribution in [-0.2, 0) is 14.3 Å². The van der Waals surface area contributed by atoms with Crippen LogP contribution in [0.3, 0.4) is 0 Å². The molecule has 19 heavy (non-hydrogen) atoms. The first kappa shape index (κ1) is 15.9. The van der Waals surface area contributed by atoms with Crippen LogP contribution in [-0.4, -0.2) is 55.6 Å². The largest absolute Gasteiger partial charge is 0.382 e. The first-order valence-corrected chi connectivity index (χ1v) is 7.01. The van der Waals surface area contributed by atoms with Gasteiger partial charge in [-0.3, -0.25) is 9.59 Å². The lowest BCUT2D eigenvalue weighted by molar-refractivity contribution is -0.138. The number of amides is 2. The summed E-state index contributed by atoms with van der Waals surface area (Å²) in [5.41, 5.74) is 5.24. The molecular weight excluding hydrogens is 246 g/mol. The lowest BCUT2D eigenvalue weighted by Gasteiger charge is -2.34. The van der Waals surface area contributed by atoms with E-state index < -0.39 is 5.91 Å². The minimum absolute atomic E-state index is 0.00722. The average Bonchev–Trinajstić information content (AvgIpc) is 2.41. The molecule has 1 aliphatic heterocycles. The monoisotopic (exact) mass is 271 g/mol. The molecule has 1 heterocycles. The van der Waals surface area contributed by atoms with Gasteiger partial charge in [0.25, 0.3) is 0 Å². The molecular formula is C13H25N3O3. The molecule has 1 atom stereocenters. The summed E-state index contributed by atoms with van der Waals surface area (Å²) < 4.78 is 5.22. The molecule has 6 heteroatoms. The fourth-order valence-electron chi connectivity index (χ4n) is 2.30. The number of rotatable bonds is 8. The van der Waals surface area contributed by atoms with Gasteiger partial charge in [-0.25, -0.2) is 0 Å². The van der Waals surface area contributed by atoms with Crippen molar-refractivity contribution in [2.24, 2.45) is 5.73 Å². The van der Waals surface area contributed by atoms with E-state index in [9.17, 15) is 9.59 Å². The van der Waals surface area contributed by atoms with Gasteiger partial charge in [0.05, 0.1) is 6.54 Å². The highest BCUT2D eigenvalue weighted by molar-refractivity contribution is 5.84. The Morgan fingerprint density at radius 2 is 2.26 bits per heavy atom. The van der Waals surface area contributed by atoms with Crippen LogP contribution in [0.15, 0.2) is 0 Å². The normalized spacial score (nSPS) is 19.1. The summed E-state index contributed by atoms with van der Waals surface area (Å²) in [6.45, 7) is 4.89. The molecule has 1 aliphatic rings. The lowest BCUT2D eigenvalue weighted by Crippen LogP contribution is -2.51. The molecule has 1 saturated heterocycles. The van der Waals surface area contributed by atoms with E-state index in [1.165, 1.54) is 0 Å². The Labute approximate surface area is 114 Å². The van der Waals surface area contributed by atoms with Crippen LogP contribution in [0.1, 0.15) is 32.6 Å². The third kappa shape index (κ3) is 6.02. The molecule has 1 fully saturated rings. The van der Waals surface area contributed by atoms with Crippen LogP contribution in [0, 0.1) is 0 Å². The highest BCUT2D eigenvalue weighted by atomic mass is 16.5. The Bertz CT molecular complexity index is 291. The summed E-state index contributed by atoms with van der Waals surface area (Å²) in [7, 11) is 0. The van der Waals surface area contributed by atoms with Crippen LogP contribution in [0.2, 0.25) is 0 Å². The third-order valence-corrected chi connectivity index (χ3v) is 3.24. The second-order valence-electron chi connectivity index (χ2n) is 4.79. The number of nitrogens with one attached hydrogen (secondary N) is 1. The Kier molecular flexibility index (Phi) is 7.43. The maximum absolute atomic E-state index is 12.2.